The molecule has 5 rings (SSSR count). The molecule has 1 aromatic heterocycles. The van der Waals surface area contributed by atoms with Gasteiger partial charge in [-0.1, -0.05) is 6.92 Å². The lowest BCUT2D eigenvalue weighted by atomic mass is 9.91. The number of aromatic amines is 1. The van der Waals surface area contributed by atoms with Crippen molar-refractivity contribution in [2.45, 2.75) is 38.0 Å². The normalized spacial score (nSPS) is 24.1. The van der Waals surface area contributed by atoms with Gasteiger partial charge >= 0.3 is 5.97 Å². The fourth-order valence-electron chi connectivity index (χ4n) is 5.00. The van der Waals surface area contributed by atoms with E-state index in [9.17, 15) is 19.8 Å². The Kier molecular flexibility index (Phi) is 3.51. The molecule has 3 aliphatic rings. The summed E-state index contributed by atoms with van der Waals surface area (Å²) in [4.78, 5) is 29.0. The topological polar surface area (TPSA) is 93.6 Å². The summed E-state index contributed by atoms with van der Waals surface area (Å²) in [6.45, 7) is 3.46. The zero-order valence-corrected chi connectivity index (χ0v) is 15.7. The van der Waals surface area contributed by atoms with E-state index in [2.05, 4.69) is 11.9 Å². The minimum Gasteiger partial charge on any atom is -0.477 e. The number of aliphatic hydroxyl groups excluding tert-OH is 1. The van der Waals surface area contributed by atoms with Crippen LogP contribution < -0.4 is 10.3 Å². The second-order valence-corrected chi connectivity index (χ2v) is 9.02. The molecule has 2 heterocycles. The maximum absolute atomic E-state index is 15.4. The summed E-state index contributed by atoms with van der Waals surface area (Å²) in [5.74, 6) is -1.68. The average molecular weight is 386 g/mol. The predicted molar refractivity (Wildman–Crippen MR) is 103 cm³/mol. The summed E-state index contributed by atoms with van der Waals surface area (Å²) in [6, 6.07) is 1.18. The van der Waals surface area contributed by atoms with Gasteiger partial charge in [0.05, 0.1) is 11.2 Å². The Hall–Kier alpha value is -2.41. The van der Waals surface area contributed by atoms with Crippen LogP contribution in [0.4, 0.5) is 10.1 Å². The molecular weight excluding hydrogens is 363 g/mol. The summed E-state index contributed by atoms with van der Waals surface area (Å²) < 4.78 is 15.4. The molecule has 7 heteroatoms. The van der Waals surface area contributed by atoms with Gasteiger partial charge in [0.25, 0.3) is 0 Å². The number of hydrogen-bond acceptors (Lipinski definition) is 4. The first-order valence-electron chi connectivity index (χ1n) is 9.77. The second-order valence-electron chi connectivity index (χ2n) is 9.02. The monoisotopic (exact) mass is 386 g/mol. The maximum Gasteiger partial charge on any atom is 0.341 e. The van der Waals surface area contributed by atoms with E-state index < -0.39 is 17.2 Å². The highest BCUT2D eigenvalue weighted by molar-refractivity contribution is 5.95. The SMILES string of the molecule is CC1(c2c(N3CC(CO)C4(CC4)C3)c(F)cc3c(=O)c(C(=O)O)c[nH]c23)CC1. The molecular formula is C21H23FN2O4. The summed E-state index contributed by atoms with van der Waals surface area (Å²) in [6.07, 6.45) is 5.10. The molecule has 1 saturated heterocycles. The number of carbonyl (C=O) groups is 1. The summed E-state index contributed by atoms with van der Waals surface area (Å²) in [5, 5.41) is 19.1. The number of carboxylic acid groups (broad SMARTS) is 1. The fraction of sp³-hybridized carbons (Fsp3) is 0.524. The van der Waals surface area contributed by atoms with Gasteiger partial charge in [-0.25, -0.2) is 9.18 Å². The fourth-order valence-corrected chi connectivity index (χ4v) is 5.00. The van der Waals surface area contributed by atoms with Crippen molar-refractivity contribution < 1.29 is 19.4 Å². The van der Waals surface area contributed by atoms with Gasteiger partial charge in [0.2, 0.25) is 5.43 Å². The van der Waals surface area contributed by atoms with Crippen molar-refractivity contribution in [2.75, 3.05) is 24.6 Å². The van der Waals surface area contributed by atoms with Crippen LogP contribution in [0.1, 0.15) is 48.5 Å². The van der Waals surface area contributed by atoms with Gasteiger partial charge in [-0.3, -0.25) is 4.79 Å². The van der Waals surface area contributed by atoms with Crippen molar-refractivity contribution in [1.82, 2.24) is 4.98 Å². The van der Waals surface area contributed by atoms with Crippen molar-refractivity contribution in [1.29, 1.82) is 0 Å². The Labute approximate surface area is 161 Å². The van der Waals surface area contributed by atoms with Crippen LogP contribution in [0.5, 0.6) is 0 Å². The first-order valence-corrected chi connectivity index (χ1v) is 9.77. The Morgan fingerprint density at radius 1 is 1.36 bits per heavy atom. The van der Waals surface area contributed by atoms with Gasteiger partial charge in [0.1, 0.15) is 11.4 Å². The van der Waals surface area contributed by atoms with Gasteiger partial charge in [0, 0.05) is 42.8 Å². The number of pyridine rings is 1. The highest BCUT2D eigenvalue weighted by Gasteiger charge is 2.56. The summed E-state index contributed by atoms with van der Waals surface area (Å²) in [7, 11) is 0. The summed E-state index contributed by atoms with van der Waals surface area (Å²) in [5.41, 5.74) is 0.606. The van der Waals surface area contributed by atoms with Gasteiger partial charge in [-0.2, -0.15) is 0 Å². The lowest BCUT2D eigenvalue weighted by Crippen LogP contribution is -2.26. The van der Waals surface area contributed by atoms with Crippen LogP contribution in [-0.2, 0) is 5.41 Å². The van der Waals surface area contributed by atoms with E-state index in [0.717, 1.165) is 31.2 Å². The Bertz CT molecular complexity index is 1070. The molecule has 2 aliphatic carbocycles. The molecule has 148 valence electrons. The van der Waals surface area contributed by atoms with E-state index >= 15 is 4.39 Å². The van der Waals surface area contributed by atoms with Crippen molar-refractivity contribution in [3.8, 4) is 0 Å². The smallest absolute Gasteiger partial charge is 0.341 e. The Morgan fingerprint density at radius 2 is 2.07 bits per heavy atom. The number of carboxylic acids is 1. The molecule has 0 bridgehead atoms. The third kappa shape index (κ3) is 2.35. The van der Waals surface area contributed by atoms with Crippen LogP contribution >= 0.6 is 0 Å². The Morgan fingerprint density at radius 3 is 2.61 bits per heavy atom. The average Bonchev–Trinajstić information content (AvgIpc) is 3.54. The third-order valence-corrected chi connectivity index (χ3v) is 7.18. The predicted octanol–water partition coefficient (Wildman–Crippen LogP) is 2.63. The van der Waals surface area contributed by atoms with Crippen LogP contribution in [0.3, 0.4) is 0 Å². The number of benzene rings is 1. The number of halogens is 1. The van der Waals surface area contributed by atoms with Crippen LogP contribution in [0.2, 0.25) is 0 Å². The number of aromatic carboxylic acids is 1. The molecule has 1 aliphatic heterocycles. The van der Waals surface area contributed by atoms with Gasteiger partial charge in [-0.15, -0.1) is 0 Å². The molecule has 2 saturated carbocycles. The van der Waals surface area contributed by atoms with Crippen LogP contribution in [0, 0.1) is 17.2 Å². The van der Waals surface area contributed by atoms with E-state index in [1.54, 1.807) is 0 Å². The zero-order chi connectivity index (χ0) is 19.8. The first kappa shape index (κ1) is 17.7. The first-order chi connectivity index (χ1) is 13.3. The van der Waals surface area contributed by atoms with Crippen molar-refractivity contribution in [2.24, 2.45) is 11.3 Å². The maximum atomic E-state index is 15.4. The lowest BCUT2D eigenvalue weighted by molar-refractivity contribution is 0.0695. The van der Waals surface area contributed by atoms with Crippen molar-refractivity contribution in [3.05, 3.63) is 39.4 Å². The quantitative estimate of drug-likeness (QED) is 0.751. The lowest BCUT2D eigenvalue weighted by Gasteiger charge is -2.27. The molecule has 2 aromatic rings. The molecule has 3 N–H and O–H groups in total. The molecule has 1 unspecified atom stereocenters. The standard InChI is InChI=1S/C21H23FN2O4/c1-20(2-3-20)15-16-12(18(26)13(7-23-16)19(27)28)6-14(22)17(15)24-8-11(9-25)21(10-24)4-5-21/h6-7,11,25H,2-5,8-10H2,1H3,(H,23,26)(H,27,28). The van der Waals surface area contributed by atoms with E-state index in [1.165, 1.54) is 12.3 Å². The van der Waals surface area contributed by atoms with E-state index in [-0.39, 0.29) is 34.3 Å². The Balaban J connectivity index is 1.74. The second kappa shape index (κ2) is 5.56. The number of nitrogens with one attached hydrogen (secondary N) is 1. The number of anilines is 1. The molecule has 0 amide bonds. The van der Waals surface area contributed by atoms with E-state index in [4.69, 9.17) is 0 Å². The molecule has 28 heavy (non-hydrogen) atoms. The number of aliphatic hydroxyl groups is 1. The van der Waals surface area contributed by atoms with E-state index in [1.807, 2.05) is 4.90 Å². The van der Waals surface area contributed by atoms with Gasteiger partial charge in [-0.05, 0) is 42.6 Å². The number of rotatable bonds is 4. The third-order valence-electron chi connectivity index (χ3n) is 7.18. The molecule has 1 spiro atoms. The van der Waals surface area contributed by atoms with Crippen molar-refractivity contribution >= 4 is 22.6 Å². The highest BCUT2D eigenvalue weighted by Crippen LogP contribution is 2.59. The van der Waals surface area contributed by atoms with Crippen molar-refractivity contribution in [3.63, 3.8) is 0 Å². The highest BCUT2D eigenvalue weighted by atomic mass is 19.1. The van der Waals surface area contributed by atoms with Crippen LogP contribution in [-0.4, -0.2) is 40.9 Å². The van der Waals surface area contributed by atoms with Crippen LogP contribution in [0.15, 0.2) is 17.1 Å². The minimum atomic E-state index is -1.33. The molecule has 6 nitrogen and oxygen atoms in total. The molecule has 0 radical (unpaired) electrons. The number of hydrogen-bond donors (Lipinski definition) is 3. The minimum absolute atomic E-state index is 0.0818. The summed E-state index contributed by atoms with van der Waals surface area (Å²) >= 11 is 0. The molecule has 1 atom stereocenters. The number of aromatic nitrogens is 1. The number of fused-ring (bicyclic) bond motifs is 1. The number of H-pyrrole nitrogens is 1. The molecule has 1 aromatic carbocycles. The van der Waals surface area contributed by atoms with Crippen LogP contribution in [0.25, 0.3) is 10.9 Å². The number of nitrogens with zero attached hydrogens (tertiary/aromatic N) is 1. The largest absolute Gasteiger partial charge is 0.477 e. The zero-order valence-electron chi connectivity index (χ0n) is 15.7. The molecule has 3 fully saturated rings. The van der Waals surface area contributed by atoms with Gasteiger partial charge in [0.15, 0.2) is 0 Å². The van der Waals surface area contributed by atoms with E-state index in [0.29, 0.717) is 24.3 Å². The van der Waals surface area contributed by atoms with Gasteiger partial charge < -0.3 is 20.1 Å².